The molecule has 2 saturated heterocycles. The summed E-state index contributed by atoms with van der Waals surface area (Å²) in [6, 6.07) is 9.32. The molecule has 5 rings (SSSR count). The molecule has 1 N–H and O–H groups in total. The molecule has 3 aliphatic rings. The Morgan fingerprint density at radius 2 is 1.37 bits per heavy atom. The highest BCUT2D eigenvalue weighted by atomic mass is 32.2. The van der Waals surface area contributed by atoms with E-state index in [1.54, 1.807) is 0 Å². The number of rotatable bonds is 2. The van der Waals surface area contributed by atoms with Gasteiger partial charge in [-0.05, 0) is 63.1 Å². The van der Waals surface area contributed by atoms with Crippen LogP contribution in [0.2, 0.25) is 0 Å². The van der Waals surface area contributed by atoms with E-state index < -0.39 is 0 Å². The van der Waals surface area contributed by atoms with Crippen molar-refractivity contribution in [3.05, 3.63) is 35.4 Å². The lowest BCUT2D eigenvalue weighted by molar-refractivity contribution is -0.00522. The monoisotopic (exact) mass is 425 g/mol. The maximum absolute atomic E-state index is 5.94. The van der Waals surface area contributed by atoms with Crippen LogP contribution in [0.4, 0.5) is 22.7 Å². The van der Waals surface area contributed by atoms with Crippen molar-refractivity contribution < 1.29 is 9.47 Å². The topological polar surface area (TPSA) is 37.0 Å². The fraction of sp³-hybridized carbons (Fsp3) is 0.500. The molecule has 0 radical (unpaired) electrons. The van der Waals surface area contributed by atoms with Crippen molar-refractivity contribution in [1.29, 1.82) is 0 Å². The molecule has 5 nitrogen and oxygen atoms in total. The number of fused-ring (bicyclic) bond motifs is 2. The molecule has 3 aliphatic heterocycles. The van der Waals surface area contributed by atoms with Crippen LogP contribution in [0.5, 0.6) is 0 Å². The van der Waals surface area contributed by atoms with Crippen LogP contribution in [0, 0.1) is 13.8 Å². The van der Waals surface area contributed by atoms with Gasteiger partial charge in [0, 0.05) is 47.3 Å². The minimum Gasteiger partial charge on any atom is -0.378 e. The lowest BCUT2D eigenvalue weighted by atomic mass is 10.1. The SMILES string of the molecule is Cc1cc(N2CCOCC2)cc2c1Nc1c(C)cc(N3CC(C)OC(C)C3)cc1S2. The lowest BCUT2D eigenvalue weighted by Gasteiger charge is -2.37. The first-order valence-electron chi connectivity index (χ1n) is 10.9. The van der Waals surface area contributed by atoms with Crippen molar-refractivity contribution in [1.82, 2.24) is 0 Å². The summed E-state index contributed by atoms with van der Waals surface area (Å²) >= 11 is 1.89. The molecule has 2 aromatic carbocycles. The van der Waals surface area contributed by atoms with Gasteiger partial charge in [0.15, 0.2) is 0 Å². The summed E-state index contributed by atoms with van der Waals surface area (Å²) in [7, 11) is 0. The van der Waals surface area contributed by atoms with E-state index in [0.29, 0.717) is 0 Å². The maximum Gasteiger partial charge on any atom is 0.0726 e. The van der Waals surface area contributed by atoms with E-state index in [9.17, 15) is 0 Å². The second-order valence-corrected chi connectivity index (χ2v) is 9.84. The minimum absolute atomic E-state index is 0.260. The number of anilines is 4. The largest absolute Gasteiger partial charge is 0.378 e. The molecule has 0 bridgehead atoms. The van der Waals surface area contributed by atoms with Crippen molar-refractivity contribution in [2.24, 2.45) is 0 Å². The number of ether oxygens (including phenoxy) is 2. The summed E-state index contributed by atoms with van der Waals surface area (Å²) in [5, 5.41) is 3.75. The van der Waals surface area contributed by atoms with Gasteiger partial charge in [0.25, 0.3) is 0 Å². The van der Waals surface area contributed by atoms with Crippen LogP contribution < -0.4 is 15.1 Å². The summed E-state index contributed by atoms with van der Waals surface area (Å²) in [6.07, 6.45) is 0.519. The molecular weight excluding hydrogens is 394 g/mol. The van der Waals surface area contributed by atoms with E-state index in [1.165, 1.54) is 43.7 Å². The third-order valence-electron chi connectivity index (χ3n) is 6.20. The van der Waals surface area contributed by atoms with E-state index >= 15 is 0 Å². The Morgan fingerprint density at radius 3 is 1.93 bits per heavy atom. The third-order valence-corrected chi connectivity index (χ3v) is 7.28. The van der Waals surface area contributed by atoms with Crippen LogP contribution in [-0.4, -0.2) is 51.6 Å². The summed E-state index contributed by atoms with van der Waals surface area (Å²) in [4.78, 5) is 7.52. The highest BCUT2D eigenvalue weighted by Crippen LogP contribution is 2.49. The van der Waals surface area contributed by atoms with Crippen LogP contribution in [0.25, 0.3) is 0 Å². The number of nitrogens with one attached hydrogen (secondary N) is 1. The molecule has 2 unspecified atom stereocenters. The van der Waals surface area contributed by atoms with E-state index in [4.69, 9.17) is 9.47 Å². The number of hydrogen-bond acceptors (Lipinski definition) is 6. The molecule has 3 heterocycles. The van der Waals surface area contributed by atoms with Crippen molar-refractivity contribution in [3.63, 3.8) is 0 Å². The zero-order valence-electron chi connectivity index (χ0n) is 18.3. The maximum atomic E-state index is 5.94. The van der Waals surface area contributed by atoms with Crippen LogP contribution >= 0.6 is 11.8 Å². The fourth-order valence-electron chi connectivity index (χ4n) is 4.77. The van der Waals surface area contributed by atoms with E-state index in [2.05, 4.69) is 67.1 Å². The molecular formula is C24H31N3O2S. The number of nitrogens with zero attached hydrogens (tertiary/aromatic N) is 2. The summed E-state index contributed by atoms with van der Waals surface area (Å²) in [5.41, 5.74) is 7.68. The van der Waals surface area contributed by atoms with Gasteiger partial charge in [-0.25, -0.2) is 0 Å². The van der Waals surface area contributed by atoms with E-state index in [-0.39, 0.29) is 12.2 Å². The molecule has 2 aromatic rings. The quantitative estimate of drug-likeness (QED) is 0.625. The second kappa shape index (κ2) is 7.98. The Morgan fingerprint density at radius 1 is 0.833 bits per heavy atom. The molecule has 0 amide bonds. The van der Waals surface area contributed by atoms with Crippen molar-refractivity contribution >= 4 is 34.5 Å². The molecule has 6 heteroatoms. The minimum atomic E-state index is 0.260. The Balaban J connectivity index is 1.47. The van der Waals surface area contributed by atoms with Crippen LogP contribution in [0.1, 0.15) is 25.0 Å². The zero-order valence-corrected chi connectivity index (χ0v) is 19.1. The summed E-state index contributed by atoms with van der Waals surface area (Å²) < 4.78 is 11.5. The first kappa shape index (κ1) is 20.0. The molecule has 0 aromatic heterocycles. The fourth-order valence-corrected chi connectivity index (χ4v) is 6.00. The van der Waals surface area contributed by atoms with Gasteiger partial charge in [-0.3, -0.25) is 0 Å². The Kier molecular flexibility index (Phi) is 5.33. The van der Waals surface area contributed by atoms with Crippen molar-refractivity contribution in [2.75, 3.05) is 54.5 Å². The predicted molar refractivity (Wildman–Crippen MR) is 125 cm³/mol. The van der Waals surface area contributed by atoms with Gasteiger partial charge in [-0.1, -0.05) is 11.8 Å². The van der Waals surface area contributed by atoms with Gasteiger partial charge in [0.2, 0.25) is 0 Å². The zero-order chi connectivity index (χ0) is 20.8. The van der Waals surface area contributed by atoms with Crippen molar-refractivity contribution in [3.8, 4) is 0 Å². The first-order chi connectivity index (χ1) is 14.5. The highest BCUT2D eigenvalue weighted by molar-refractivity contribution is 7.99. The first-order valence-corrected chi connectivity index (χ1v) is 11.8. The van der Waals surface area contributed by atoms with Gasteiger partial charge in [-0.2, -0.15) is 0 Å². The van der Waals surface area contributed by atoms with Gasteiger partial charge < -0.3 is 24.6 Å². The number of benzene rings is 2. The van der Waals surface area contributed by atoms with Crippen LogP contribution in [0.15, 0.2) is 34.1 Å². The molecule has 2 atom stereocenters. The average molecular weight is 426 g/mol. The Hall–Kier alpha value is -1.89. The second-order valence-electron chi connectivity index (χ2n) is 8.76. The molecule has 30 heavy (non-hydrogen) atoms. The molecule has 0 saturated carbocycles. The van der Waals surface area contributed by atoms with Gasteiger partial charge in [0.1, 0.15) is 0 Å². The van der Waals surface area contributed by atoms with E-state index in [1.807, 2.05) is 11.8 Å². The highest BCUT2D eigenvalue weighted by Gasteiger charge is 2.26. The average Bonchev–Trinajstić information content (AvgIpc) is 2.72. The van der Waals surface area contributed by atoms with Crippen LogP contribution in [0.3, 0.4) is 0 Å². The van der Waals surface area contributed by atoms with Gasteiger partial charge in [0.05, 0.1) is 36.8 Å². The van der Waals surface area contributed by atoms with Gasteiger partial charge in [-0.15, -0.1) is 0 Å². The molecule has 2 fully saturated rings. The van der Waals surface area contributed by atoms with Crippen molar-refractivity contribution in [2.45, 2.75) is 49.7 Å². The molecule has 0 aliphatic carbocycles. The third kappa shape index (κ3) is 3.77. The van der Waals surface area contributed by atoms with Gasteiger partial charge >= 0.3 is 0 Å². The Labute approximate surface area is 183 Å². The smallest absolute Gasteiger partial charge is 0.0726 e. The summed E-state index contributed by atoms with van der Waals surface area (Å²) in [6.45, 7) is 14.2. The standard InChI is InChI=1S/C24H31N3O2S/c1-15-9-19(26-5-7-28-8-6-26)11-21-23(15)25-24-16(2)10-20(12-22(24)30-21)27-13-17(3)29-18(4)14-27/h9-12,17-18,25H,5-8,13-14H2,1-4H3. The molecule has 0 spiro atoms. The normalized spacial score (nSPS) is 23.6. The summed E-state index contributed by atoms with van der Waals surface area (Å²) in [5.74, 6) is 0. The number of aryl methyl sites for hydroxylation is 2. The number of morpholine rings is 2. The number of hydrogen-bond donors (Lipinski definition) is 1. The van der Waals surface area contributed by atoms with Crippen LogP contribution in [-0.2, 0) is 9.47 Å². The predicted octanol–water partition coefficient (Wildman–Crippen LogP) is 4.96. The Bertz CT molecular complexity index is 948. The van der Waals surface area contributed by atoms with E-state index in [0.717, 1.165) is 39.4 Å². The molecule has 160 valence electrons. The lowest BCUT2D eigenvalue weighted by Crippen LogP contribution is -2.45.